The predicted octanol–water partition coefficient (Wildman–Crippen LogP) is 15.3. The van der Waals surface area contributed by atoms with E-state index in [1.807, 2.05) is 98.1 Å². The zero-order valence-corrected chi connectivity index (χ0v) is 37.7. The molecule has 2 aromatic heterocycles. The van der Waals surface area contributed by atoms with Crippen LogP contribution < -0.4 is 14.5 Å². The summed E-state index contributed by atoms with van der Waals surface area (Å²) < 4.78 is 35.3. The zero-order valence-electron chi connectivity index (χ0n) is 38.4. The van der Waals surface area contributed by atoms with Crippen molar-refractivity contribution in [3.8, 4) is 50.7 Å². The molecule has 1 aliphatic heterocycles. The van der Waals surface area contributed by atoms with Crippen LogP contribution in [0.4, 0.5) is 22.7 Å². The Labute approximate surface area is 393 Å². The maximum Gasteiger partial charge on any atom is 0.135 e. The van der Waals surface area contributed by atoms with E-state index in [-0.39, 0.29) is 45.1 Å². The summed E-state index contributed by atoms with van der Waals surface area (Å²) in [5.74, 6) is 1.23. The number of benzene rings is 8. The van der Waals surface area contributed by atoms with Crippen molar-refractivity contribution >= 4 is 44.6 Å². The van der Waals surface area contributed by atoms with Crippen LogP contribution in [0.3, 0.4) is 0 Å². The molecule has 0 fully saturated rings. The molecule has 64 heavy (non-hydrogen) atoms. The molecule has 0 saturated carbocycles. The molecule has 0 N–H and O–H groups in total. The van der Waals surface area contributed by atoms with Gasteiger partial charge in [0.05, 0.1) is 4.11 Å². The summed E-state index contributed by atoms with van der Waals surface area (Å²) in [6.45, 7) is 8.03. The Kier molecular flexibility index (Phi) is 9.82. The van der Waals surface area contributed by atoms with Crippen LogP contribution in [0.5, 0.6) is 11.5 Å². The van der Waals surface area contributed by atoms with Crippen molar-refractivity contribution in [2.45, 2.75) is 26.2 Å². The summed E-state index contributed by atoms with van der Waals surface area (Å²) >= 11 is 0. The molecule has 10 aromatic rings. The number of ether oxygens (including phenoxy) is 1. The topological polar surface area (TPSA) is 33.5 Å². The molecule has 3 heterocycles. The number of para-hydroxylation sites is 2. The number of pyridine rings is 1. The van der Waals surface area contributed by atoms with Crippen LogP contribution in [0.2, 0.25) is 0 Å². The summed E-state index contributed by atoms with van der Waals surface area (Å²) in [6.07, 6.45) is -0.176. The Morgan fingerprint density at radius 2 is 1.22 bits per heavy atom. The Bertz CT molecular complexity index is 3410. The van der Waals surface area contributed by atoms with Gasteiger partial charge in [-0.15, -0.1) is 48.1 Å². The molecule has 0 spiro atoms. The molecule has 0 atom stereocenters. The number of aromatic nitrogens is 2. The van der Waals surface area contributed by atoms with Gasteiger partial charge in [-0.2, -0.15) is 12.1 Å². The van der Waals surface area contributed by atoms with Gasteiger partial charge in [0.1, 0.15) is 5.82 Å². The molecular weight excluding hydrogens is 964 g/mol. The number of anilines is 4. The fourth-order valence-electron chi connectivity index (χ4n) is 8.54. The van der Waals surface area contributed by atoms with Crippen molar-refractivity contribution in [3.05, 3.63) is 225 Å². The molecule has 0 amide bonds. The van der Waals surface area contributed by atoms with E-state index in [1.54, 1.807) is 0 Å². The molecule has 6 heteroatoms. The number of hydrogen-bond donors (Lipinski definition) is 0. The van der Waals surface area contributed by atoms with Gasteiger partial charge < -0.3 is 19.1 Å². The fraction of sp³-hybridized carbons (Fsp3) is 0.0690. The molecule has 0 bridgehead atoms. The first-order valence-corrected chi connectivity index (χ1v) is 21.1. The van der Waals surface area contributed by atoms with E-state index in [9.17, 15) is 1.37 Å². The van der Waals surface area contributed by atoms with Crippen LogP contribution >= 0.6 is 0 Å². The first-order chi connectivity index (χ1) is 32.1. The number of fused-ring (bicyclic) bond motifs is 4. The largest absolute Gasteiger partial charge is 0.509 e. The Hall–Kier alpha value is -7.20. The molecule has 5 nitrogen and oxygen atoms in total. The minimum atomic E-state index is -0.553. The Morgan fingerprint density at radius 3 is 1.92 bits per heavy atom. The van der Waals surface area contributed by atoms with Gasteiger partial charge in [-0.3, -0.25) is 0 Å². The third-order valence-corrected chi connectivity index (χ3v) is 11.6. The van der Waals surface area contributed by atoms with Gasteiger partial charge in [-0.25, -0.2) is 4.98 Å². The van der Waals surface area contributed by atoms with Gasteiger partial charge in [0.25, 0.3) is 0 Å². The quantitative estimate of drug-likeness (QED) is 0.142. The second-order valence-corrected chi connectivity index (χ2v) is 16.7. The van der Waals surface area contributed by atoms with E-state index in [1.165, 1.54) is 0 Å². The average Bonchev–Trinajstić information content (AvgIpc) is 3.88. The van der Waals surface area contributed by atoms with Gasteiger partial charge in [-0.1, -0.05) is 160 Å². The van der Waals surface area contributed by atoms with Crippen LogP contribution in [0.1, 0.15) is 30.4 Å². The van der Waals surface area contributed by atoms with Gasteiger partial charge in [0.15, 0.2) is 0 Å². The van der Waals surface area contributed by atoms with Crippen molar-refractivity contribution in [2.24, 2.45) is 0 Å². The first-order valence-electron chi connectivity index (χ1n) is 22.6. The van der Waals surface area contributed by atoms with Crippen LogP contribution in [-0.2, 0) is 26.5 Å². The van der Waals surface area contributed by atoms with Gasteiger partial charge in [-0.05, 0) is 68.9 Å². The first kappa shape index (κ1) is 37.4. The van der Waals surface area contributed by atoms with Crippen LogP contribution in [0, 0.1) is 18.8 Å². The molecule has 0 saturated heterocycles. The normalized spacial score (nSPS) is 13.0. The molecule has 1 aliphatic rings. The molecule has 0 unspecified atom stereocenters. The fourth-order valence-corrected chi connectivity index (χ4v) is 8.54. The maximum atomic E-state index is 9.35. The second kappa shape index (κ2) is 16.8. The van der Waals surface area contributed by atoms with Crippen molar-refractivity contribution < 1.29 is 29.9 Å². The SMILES string of the molecule is [2H]c1nc(-n2c3[c-]c(Oc4[c-]c(N5[CH-]N(c6c(-c7ccccc7)cccc6-c6ccccc6)c6ccc(-c7ccccc7)cc65)ccc4)ccc3c3ccccc32)c([2H])c(C(C)(C)C)c1[2H].[Pt]. The van der Waals surface area contributed by atoms with Gasteiger partial charge >= 0.3 is 0 Å². The van der Waals surface area contributed by atoms with E-state index < -0.39 is 5.41 Å². The summed E-state index contributed by atoms with van der Waals surface area (Å²) in [6, 6.07) is 69.6. The molecular formula is C58H43N4OPt-3. The maximum absolute atomic E-state index is 9.35. The van der Waals surface area contributed by atoms with E-state index in [0.29, 0.717) is 22.6 Å². The molecule has 0 aliphatic carbocycles. The van der Waals surface area contributed by atoms with E-state index in [2.05, 4.69) is 143 Å². The van der Waals surface area contributed by atoms with E-state index in [0.717, 1.165) is 72.4 Å². The molecule has 8 aromatic carbocycles. The third kappa shape index (κ3) is 7.46. The minimum Gasteiger partial charge on any atom is -0.509 e. The Morgan fingerprint density at radius 1 is 0.578 bits per heavy atom. The molecule has 11 rings (SSSR count). The Balaban J connectivity index is 0.00000525. The number of hydrogen-bond acceptors (Lipinski definition) is 4. The van der Waals surface area contributed by atoms with Gasteiger partial charge in [0.2, 0.25) is 0 Å². The van der Waals surface area contributed by atoms with Crippen molar-refractivity contribution in [1.29, 1.82) is 0 Å². The van der Waals surface area contributed by atoms with E-state index in [4.69, 9.17) is 7.48 Å². The standard InChI is InChI=1S/C58H43N4O.Pt/c1-58(2,3)44-33-34-59-56(36-44)62-52-28-14-13-25-50(52)51-31-30-47(38-54(51)62)63-46-24-15-23-45(37-46)60-39-61(53-32-29-43(35-55(53)60)40-17-7-4-8-18-40)57-48(41-19-9-5-10-20-41)26-16-27-49(57)42-21-11-6-12-22-42;/h4-36,39H,1-3H3;/q-3;/i33D,34D,36D;. The van der Waals surface area contributed by atoms with Crippen LogP contribution in [0.15, 0.2) is 200 Å². The minimum absolute atomic E-state index is 0. The summed E-state index contributed by atoms with van der Waals surface area (Å²) in [4.78, 5) is 9.03. The monoisotopic (exact) mass is 1010 g/mol. The van der Waals surface area contributed by atoms with Gasteiger partial charge in [0, 0.05) is 72.4 Å². The molecule has 0 radical (unpaired) electrons. The third-order valence-electron chi connectivity index (χ3n) is 11.6. The van der Waals surface area contributed by atoms with Crippen LogP contribution in [-0.4, -0.2) is 9.55 Å². The van der Waals surface area contributed by atoms with Crippen LogP contribution in [0.25, 0.3) is 61.0 Å². The second-order valence-electron chi connectivity index (χ2n) is 16.7. The van der Waals surface area contributed by atoms with Crippen molar-refractivity contribution in [2.75, 3.05) is 9.80 Å². The summed E-state index contributed by atoms with van der Waals surface area (Å²) in [5, 5.41) is 1.86. The summed E-state index contributed by atoms with van der Waals surface area (Å²) in [5.41, 5.74) is 11.9. The smallest absolute Gasteiger partial charge is 0.135 e. The summed E-state index contributed by atoms with van der Waals surface area (Å²) in [7, 11) is 0. The predicted molar refractivity (Wildman–Crippen MR) is 259 cm³/mol. The average molecular weight is 1010 g/mol. The van der Waals surface area contributed by atoms with Crippen molar-refractivity contribution in [1.82, 2.24) is 9.55 Å². The number of rotatable bonds is 8. The molecule has 314 valence electrons. The number of nitrogens with zero attached hydrogens (tertiary/aromatic N) is 4. The zero-order chi connectivity index (χ0) is 45.1. The van der Waals surface area contributed by atoms with E-state index >= 15 is 0 Å². The van der Waals surface area contributed by atoms with Crippen molar-refractivity contribution in [3.63, 3.8) is 0 Å².